The van der Waals surface area contributed by atoms with Crippen LogP contribution in [0.4, 0.5) is 0 Å². The van der Waals surface area contributed by atoms with Crippen molar-refractivity contribution >= 4 is 22.9 Å². The van der Waals surface area contributed by atoms with Crippen LogP contribution >= 0.6 is 0 Å². The maximum Gasteiger partial charge on any atom is 0.317 e. The van der Waals surface area contributed by atoms with Crippen LogP contribution in [-0.4, -0.2) is 90.1 Å². The number of hydrogen-bond donors (Lipinski definition) is 8. The molecule has 0 aliphatic carbocycles. The summed E-state index contributed by atoms with van der Waals surface area (Å²) >= 11 is 0. The first-order valence-electron chi connectivity index (χ1n) is 11.2. The Morgan fingerprint density at radius 1 is 0.897 bits per heavy atom. The van der Waals surface area contributed by atoms with Gasteiger partial charge in [0.15, 0.2) is 17.3 Å². The fourth-order valence-corrected chi connectivity index (χ4v) is 3.85. The standard InChI is InChI=1S/C24H22O15/c25-9-4-12(28)17-13(5-9)37-22(8-1-2-10(26)11(27)3-8)23(19(17)33)39-24-21(35)20(34)18(32)14(38-24)7-36-16(31)6-15(29)30/h1-5,14,18,20-21,24-28,32,34-35H,6-7H2,(H,29,30)/t14?,18-,20?,21+,24+/m0/s1. The Balaban J connectivity index is 1.76. The lowest BCUT2D eigenvalue weighted by Gasteiger charge is -2.39. The van der Waals surface area contributed by atoms with Gasteiger partial charge in [-0.2, -0.15) is 0 Å². The Morgan fingerprint density at radius 2 is 1.62 bits per heavy atom. The summed E-state index contributed by atoms with van der Waals surface area (Å²) in [6, 6.07) is 5.14. The van der Waals surface area contributed by atoms with Crippen LogP contribution in [0.3, 0.4) is 0 Å². The predicted octanol–water partition coefficient (Wildman–Crippen LogP) is -0.513. The smallest absolute Gasteiger partial charge is 0.317 e. The van der Waals surface area contributed by atoms with Crippen molar-refractivity contribution in [2.24, 2.45) is 0 Å². The molecule has 1 aliphatic heterocycles. The molecule has 15 heteroatoms. The van der Waals surface area contributed by atoms with Gasteiger partial charge in [0.1, 0.15) is 59.9 Å². The number of carboxylic acid groups (broad SMARTS) is 1. The van der Waals surface area contributed by atoms with E-state index in [1.807, 2.05) is 0 Å². The first-order valence-corrected chi connectivity index (χ1v) is 11.2. The van der Waals surface area contributed by atoms with Crippen LogP contribution in [0.15, 0.2) is 39.5 Å². The van der Waals surface area contributed by atoms with Gasteiger partial charge in [-0.15, -0.1) is 0 Å². The Labute approximate surface area is 216 Å². The van der Waals surface area contributed by atoms with Crippen molar-refractivity contribution in [1.29, 1.82) is 0 Å². The minimum absolute atomic E-state index is 0.0489. The maximum absolute atomic E-state index is 13.4. The van der Waals surface area contributed by atoms with Gasteiger partial charge >= 0.3 is 11.9 Å². The van der Waals surface area contributed by atoms with Crippen LogP contribution < -0.4 is 10.2 Å². The number of ether oxygens (including phenoxy) is 3. The molecule has 0 amide bonds. The number of esters is 1. The zero-order chi connectivity index (χ0) is 28.6. The van der Waals surface area contributed by atoms with Crippen LogP contribution in [0, 0.1) is 0 Å². The molecular weight excluding hydrogens is 528 g/mol. The van der Waals surface area contributed by atoms with Gasteiger partial charge in [0.2, 0.25) is 17.5 Å². The molecule has 1 saturated heterocycles. The second-order valence-electron chi connectivity index (χ2n) is 8.52. The van der Waals surface area contributed by atoms with E-state index < -0.39 is 101 Å². The number of carboxylic acids is 1. The summed E-state index contributed by atoms with van der Waals surface area (Å²) < 4.78 is 21.4. The number of phenols is 4. The van der Waals surface area contributed by atoms with Crippen molar-refractivity contribution in [3.63, 3.8) is 0 Å². The molecule has 3 aromatic rings. The third kappa shape index (κ3) is 5.51. The zero-order valence-corrected chi connectivity index (χ0v) is 19.6. The van der Waals surface area contributed by atoms with Gasteiger partial charge < -0.3 is 59.5 Å². The van der Waals surface area contributed by atoms with E-state index >= 15 is 0 Å². The first-order chi connectivity index (χ1) is 18.4. The minimum Gasteiger partial charge on any atom is -0.508 e. The van der Waals surface area contributed by atoms with E-state index in [1.165, 1.54) is 6.07 Å². The summed E-state index contributed by atoms with van der Waals surface area (Å²) in [6.45, 7) is -0.762. The van der Waals surface area contributed by atoms with Gasteiger partial charge in [0.25, 0.3) is 0 Å². The normalized spacial score (nSPS) is 22.9. The average Bonchev–Trinajstić information content (AvgIpc) is 2.85. The zero-order valence-electron chi connectivity index (χ0n) is 19.6. The van der Waals surface area contributed by atoms with Crippen molar-refractivity contribution in [2.75, 3.05) is 6.61 Å². The van der Waals surface area contributed by atoms with E-state index in [4.69, 9.17) is 23.7 Å². The average molecular weight is 550 g/mol. The van der Waals surface area contributed by atoms with Crippen LogP contribution in [0.5, 0.6) is 28.7 Å². The Kier molecular flexibility index (Phi) is 7.51. The molecule has 39 heavy (non-hydrogen) atoms. The van der Waals surface area contributed by atoms with Gasteiger partial charge in [-0.05, 0) is 18.2 Å². The summed E-state index contributed by atoms with van der Waals surface area (Å²) in [7, 11) is 0. The van der Waals surface area contributed by atoms with Gasteiger partial charge in [0.05, 0.1) is 0 Å². The molecule has 0 spiro atoms. The van der Waals surface area contributed by atoms with Crippen LogP contribution in [-0.2, 0) is 19.1 Å². The topological polar surface area (TPSA) is 254 Å². The number of hydrogen-bond acceptors (Lipinski definition) is 14. The lowest BCUT2D eigenvalue weighted by Crippen LogP contribution is -2.60. The van der Waals surface area contributed by atoms with Crippen LogP contribution in [0.25, 0.3) is 22.3 Å². The van der Waals surface area contributed by atoms with Crippen molar-refractivity contribution in [3.8, 4) is 40.1 Å². The molecule has 0 bridgehead atoms. The highest BCUT2D eigenvalue weighted by Gasteiger charge is 2.46. The summed E-state index contributed by atoms with van der Waals surface area (Å²) in [6.07, 6.45) is -10.2. The molecule has 208 valence electrons. The predicted molar refractivity (Wildman–Crippen MR) is 125 cm³/mol. The van der Waals surface area contributed by atoms with E-state index in [-0.39, 0.29) is 11.1 Å². The summed E-state index contributed by atoms with van der Waals surface area (Å²) in [5, 5.41) is 79.0. The highest BCUT2D eigenvalue weighted by Crippen LogP contribution is 2.39. The molecule has 2 heterocycles. The number of benzene rings is 2. The molecule has 4 rings (SSSR count). The van der Waals surface area contributed by atoms with Gasteiger partial charge in [-0.1, -0.05) is 0 Å². The summed E-state index contributed by atoms with van der Waals surface area (Å²) in [5.74, 6) is -6.09. The number of rotatable bonds is 7. The van der Waals surface area contributed by atoms with Crippen molar-refractivity contribution in [2.45, 2.75) is 37.1 Å². The molecule has 0 saturated carbocycles. The van der Waals surface area contributed by atoms with Gasteiger partial charge in [0, 0.05) is 17.7 Å². The largest absolute Gasteiger partial charge is 0.508 e. The third-order valence-electron chi connectivity index (χ3n) is 5.76. The number of carbonyl (C=O) groups excluding carboxylic acids is 1. The monoisotopic (exact) mass is 550 g/mol. The van der Waals surface area contributed by atoms with Crippen LogP contribution in [0.2, 0.25) is 0 Å². The molecule has 15 nitrogen and oxygen atoms in total. The number of aliphatic carboxylic acids is 1. The van der Waals surface area contributed by atoms with Crippen molar-refractivity contribution < 1.29 is 69.1 Å². The molecule has 0 radical (unpaired) electrons. The molecule has 2 aromatic carbocycles. The fourth-order valence-electron chi connectivity index (χ4n) is 3.85. The number of aliphatic hydroxyl groups excluding tert-OH is 3. The second-order valence-corrected chi connectivity index (χ2v) is 8.52. The fraction of sp³-hybridized carbons (Fsp3) is 0.292. The number of fused-ring (bicyclic) bond motifs is 1. The number of carbonyl (C=O) groups is 2. The Hall–Kier alpha value is -4.57. The van der Waals surface area contributed by atoms with E-state index in [2.05, 4.69) is 0 Å². The molecule has 1 fully saturated rings. The van der Waals surface area contributed by atoms with Gasteiger partial charge in [-0.3, -0.25) is 14.4 Å². The molecular formula is C24H22O15. The molecule has 1 aromatic heterocycles. The van der Waals surface area contributed by atoms with Crippen LogP contribution in [0.1, 0.15) is 6.42 Å². The molecule has 1 aliphatic rings. The lowest BCUT2D eigenvalue weighted by molar-refractivity contribution is -0.278. The third-order valence-corrected chi connectivity index (χ3v) is 5.76. The highest BCUT2D eigenvalue weighted by atomic mass is 16.7. The minimum atomic E-state index is -1.99. The first kappa shape index (κ1) is 27.5. The van der Waals surface area contributed by atoms with E-state index in [1.54, 1.807) is 0 Å². The molecule has 5 atom stereocenters. The summed E-state index contributed by atoms with van der Waals surface area (Å²) in [4.78, 5) is 35.7. The number of aliphatic hydroxyl groups is 3. The SMILES string of the molecule is O=C(O)CC(=O)OCC1O[C@H](Oc2c(-c3ccc(O)c(O)c3)oc3cc(O)cc(O)c3c2=O)[C@H](O)C(O)[C@H]1O. The van der Waals surface area contributed by atoms with Crippen molar-refractivity contribution in [1.82, 2.24) is 0 Å². The van der Waals surface area contributed by atoms with E-state index in [9.17, 15) is 50.1 Å². The second kappa shape index (κ2) is 10.7. The Morgan fingerprint density at radius 3 is 2.28 bits per heavy atom. The quantitative estimate of drug-likeness (QED) is 0.105. The molecule has 8 N–H and O–H groups in total. The maximum atomic E-state index is 13.4. The van der Waals surface area contributed by atoms with Gasteiger partial charge in [-0.25, -0.2) is 0 Å². The Bertz CT molecular complexity index is 1480. The molecule has 2 unspecified atom stereocenters. The number of aromatic hydroxyl groups is 4. The summed E-state index contributed by atoms with van der Waals surface area (Å²) in [5.41, 5.74) is -1.40. The van der Waals surface area contributed by atoms with Crippen molar-refractivity contribution in [3.05, 3.63) is 40.6 Å². The lowest BCUT2D eigenvalue weighted by atomic mass is 9.99. The highest BCUT2D eigenvalue weighted by molar-refractivity contribution is 5.90. The van der Waals surface area contributed by atoms with E-state index in [0.717, 1.165) is 24.3 Å². The number of phenolic OH excluding ortho intramolecular Hbond substituents is 4. The van der Waals surface area contributed by atoms with E-state index in [0.29, 0.717) is 0 Å².